The number of hydrogen-bond donors (Lipinski definition) is 2. The minimum Gasteiger partial charge on any atom is -0.482 e. The molecule has 1 amide bonds. The Labute approximate surface area is 130 Å². The second-order valence-electron chi connectivity index (χ2n) is 5.84. The van der Waals surface area contributed by atoms with Crippen molar-refractivity contribution < 1.29 is 14.6 Å². The highest BCUT2D eigenvalue weighted by atomic mass is 16.5. The normalized spacial score (nSPS) is 20.9. The van der Waals surface area contributed by atoms with Crippen LogP contribution in [0.1, 0.15) is 18.6 Å². The van der Waals surface area contributed by atoms with Gasteiger partial charge in [0.25, 0.3) is 5.91 Å². The fourth-order valence-corrected chi connectivity index (χ4v) is 2.95. The van der Waals surface area contributed by atoms with Gasteiger partial charge < -0.3 is 20.1 Å². The first-order valence-electron chi connectivity index (χ1n) is 7.85. The van der Waals surface area contributed by atoms with E-state index in [1.165, 1.54) is 0 Å². The Balaban J connectivity index is 1.62. The van der Waals surface area contributed by atoms with E-state index in [1.807, 2.05) is 12.1 Å². The molecular formula is C16H23N3O3. The number of aliphatic hydroxyl groups is 1. The highest BCUT2D eigenvalue weighted by Gasteiger charge is 2.21. The van der Waals surface area contributed by atoms with Crippen LogP contribution in [0.4, 0.5) is 5.69 Å². The van der Waals surface area contributed by atoms with Crippen LogP contribution >= 0.6 is 0 Å². The molecule has 0 spiro atoms. The van der Waals surface area contributed by atoms with E-state index in [0.29, 0.717) is 18.0 Å². The number of piperazine rings is 1. The number of β-amino-alcohol motifs (C(OH)–C–C–N with tert-alkyl or cyclic N) is 1. The minimum absolute atomic E-state index is 0.0522. The summed E-state index contributed by atoms with van der Waals surface area (Å²) in [6.45, 7) is 8.00. The second kappa shape index (κ2) is 6.64. The number of nitrogens with one attached hydrogen (secondary N) is 1. The van der Waals surface area contributed by atoms with Crippen molar-refractivity contribution in [3.05, 3.63) is 23.8 Å². The van der Waals surface area contributed by atoms with E-state index in [2.05, 4.69) is 22.0 Å². The maximum absolute atomic E-state index is 11.4. The van der Waals surface area contributed by atoms with Crippen molar-refractivity contribution >= 4 is 11.6 Å². The van der Waals surface area contributed by atoms with Crippen molar-refractivity contribution in [1.29, 1.82) is 0 Å². The summed E-state index contributed by atoms with van der Waals surface area (Å²) in [4.78, 5) is 16.1. The number of carbonyl (C=O) groups is 1. The van der Waals surface area contributed by atoms with E-state index >= 15 is 0 Å². The number of amides is 1. The zero-order chi connectivity index (χ0) is 15.5. The summed E-state index contributed by atoms with van der Waals surface area (Å²) in [7, 11) is 0. The fourth-order valence-electron chi connectivity index (χ4n) is 2.95. The van der Waals surface area contributed by atoms with Gasteiger partial charge in [0.2, 0.25) is 0 Å². The number of hydrogen-bond acceptors (Lipinski definition) is 5. The molecule has 120 valence electrons. The van der Waals surface area contributed by atoms with Crippen LogP contribution in [0.15, 0.2) is 18.2 Å². The number of ether oxygens (including phenoxy) is 1. The zero-order valence-corrected chi connectivity index (χ0v) is 12.9. The summed E-state index contributed by atoms with van der Waals surface area (Å²) in [5, 5.41) is 13.2. The summed E-state index contributed by atoms with van der Waals surface area (Å²) in [5.41, 5.74) is 1.45. The third kappa shape index (κ3) is 3.40. The highest BCUT2D eigenvalue weighted by molar-refractivity contribution is 5.95. The van der Waals surface area contributed by atoms with Crippen LogP contribution in [0.5, 0.6) is 5.75 Å². The number of carbonyl (C=O) groups excluding carboxylic acids is 1. The second-order valence-corrected chi connectivity index (χ2v) is 5.84. The molecule has 6 heteroatoms. The molecule has 1 atom stereocenters. The zero-order valence-electron chi connectivity index (χ0n) is 12.9. The lowest BCUT2D eigenvalue weighted by molar-refractivity contribution is -0.118. The van der Waals surface area contributed by atoms with Crippen LogP contribution in [0.3, 0.4) is 0 Å². The van der Waals surface area contributed by atoms with E-state index in [4.69, 9.17) is 4.74 Å². The molecule has 6 nitrogen and oxygen atoms in total. The van der Waals surface area contributed by atoms with Crippen molar-refractivity contribution in [2.75, 3.05) is 51.2 Å². The molecule has 2 aliphatic rings. The van der Waals surface area contributed by atoms with Gasteiger partial charge in [-0.15, -0.1) is 0 Å². The largest absolute Gasteiger partial charge is 0.482 e. The van der Waals surface area contributed by atoms with Gasteiger partial charge in [0.1, 0.15) is 5.75 Å². The number of aliphatic hydroxyl groups excluding tert-OH is 1. The quantitative estimate of drug-likeness (QED) is 0.857. The minimum atomic E-state index is -0.558. The number of anilines is 1. The van der Waals surface area contributed by atoms with E-state index in [-0.39, 0.29) is 12.5 Å². The van der Waals surface area contributed by atoms with Gasteiger partial charge in [-0.1, -0.05) is 13.0 Å². The van der Waals surface area contributed by atoms with Crippen LogP contribution in [0.2, 0.25) is 0 Å². The first-order valence-corrected chi connectivity index (χ1v) is 7.85. The lowest BCUT2D eigenvalue weighted by Gasteiger charge is -2.35. The van der Waals surface area contributed by atoms with Crippen LogP contribution in [0, 0.1) is 0 Å². The number of likely N-dealkylation sites (N-methyl/N-ethyl adjacent to an activating group) is 1. The Kier molecular flexibility index (Phi) is 4.61. The lowest BCUT2D eigenvalue weighted by Crippen LogP contribution is -2.47. The number of nitrogens with zero attached hydrogens (tertiary/aromatic N) is 2. The highest BCUT2D eigenvalue weighted by Crippen LogP contribution is 2.30. The molecule has 3 rings (SSSR count). The molecular weight excluding hydrogens is 282 g/mol. The average Bonchev–Trinajstić information content (AvgIpc) is 2.54. The third-order valence-electron chi connectivity index (χ3n) is 4.36. The van der Waals surface area contributed by atoms with Gasteiger partial charge in [-0.25, -0.2) is 0 Å². The van der Waals surface area contributed by atoms with Crippen LogP contribution in [-0.4, -0.2) is 66.7 Å². The Hall–Kier alpha value is -1.63. The molecule has 1 saturated heterocycles. The van der Waals surface area contributed by atoms with E-state index in [0.717, 1.165) is 38.3 Å². The first-order chi connectivity index (χ1) is 10.7. The van der Waals surface area contributed by atoms with E-state index in [1.54, 1.807) is 6.07 Å². The Morgan fingerprint density at radius 3 is 2.73 bits per heavy atom. The molecule has 0 bridgehead atoms. The fraction of sp³-hybridized carbons (Fsp3) is 0.562. The molecule has 2 aliphatic heterocycles. The van der Waals surface area contributed by atoms with Gasteiger partial charge in [0.05, 0.1) is 11.8 Å². The lowest BCUT2D eigenvalue weighted by atomic mass is 10.1. The van der Waals surface area contributed by atoms with E-state index in [9.17, 15) is 9.90 Å². The Bertz CT molecular complexity index is 541. The molecule has 22 heavy (non-hydrogen) atoms. The van der Waals surface area contributed by atoms with Crippen molar-refractivity contribution in [3.8, 4) is 5.75 Å². The standard InChI is InChI=1S/C16H23N3O3/c1-2-18-5-7-19(8-6-18)10-14(20)12-3-4-15-13(9-12)17-16(21)11-22-15/h3-4,9,14,20H,2,5-8,10-11H2,1H3,(H,17,21). The van der Waals surface area contributed by atoms with Crippen LogP contribution < -0.4 is 10.1 Å². The predicted molar refractivity (Wildman–Crippen MR) is 84.1 cm³/mol. The smallest absolute Gasteiger partial charge is 0.262 e. The first kappa shape index (κ1) is 15.3. The molecule has 0 saturated carbocycles. The molecule has 2 heterocycles. The van der Waals surface area contributed by atoms with Gasteiger partial charge in [-0.2, -0.15) is 0 Å². The molecule has 0 radical (unpaired) electrons. The van der Waals surface area contributed by atoms with Crippen molar-refractivity contribution in [1.82, 2.24) is 9.80 Å². The number of benzene rings is 1. The summed E-state index contributed by atoms with van der Waals surface area (Å²) >= 11 is 0. The molecule has 1 fully saturated rings. The number of fused-ring (bicyclic) bond motifs is 1. The Morgan fingerprint density at radius 2 is 2.00 bits per heavy atom. The van der Waals surface area contributed by atoms with Gasteiger partial charge >= 0.3 is 0 Å². The van der Waals surface area contributed by atoms with Gasteiger partial charge in [0.15, 0.2) is 6.61 Å². The summed E-state index contributed by atoms with van der Waals surface area (Å²) in [5.74, 6) is 0.502. The van der Waals surface area contributed by atoms with Gasteiger partial charge in [-0.3, -0.25) is 9.69 Å². The summed E-state index contributed by atoms with van der Waals surface area (Å²) in [6.07, 6.45) is -0.558. The Morgan fingerprint density at radius 1 is 1.27 bits per heavy atom. The van der Waals surface area contributed by atoms with Crippen molar-refractivity contribution in [2.45, 2.75) is 13.0 Å². The molecule has 2 N–H and O–H groups in total. The SMILES string of the molecule is CCN1CCN(CC(O)c2ccc3c(c2)NC(=O)CO3)CC1. The van der Waals surface area contributed by atoms with Crippen molar-refractivity contribution in [3.63, 3.8) is 0 Å². The van der Waals surface area contributed by atoms with Crippen molar-refractivity contribution in [2.24, 2.45) is 0 Å². The predicted octanol–water partition coefficient (Wildman–Crippen LogP) is 0.688. The maximum atomic E-state index is 11.4. The van der Waals surface area contributed by atoms with Crippen LogP contribution in [0.25, 0.3) is 0 Å². The van der Waals surface area contributed by atoms with E-state index < -0.39 is 6.10 Å². The molecule has 1 unspecified atom stereocenters. The monoisotopic (exact) mass is 305 g/mol. The summed E-state index contributed by atoms with van der Waals surface area (Å²) in [6, 6.07) is 5.48. The molecule has 1 aromatic carbocycles. The third-order valence-corrected chi connectivity index (χ3v) is 4.36. The summed E-state index contributed by atoms with van der Waals surface area (Å²) < 4.78 is 5.33. The molecule has 1 aromatic rings. The van der Waals surface area contributed by atoms with Gasteiger partial charge in [-0.05, 0) is 24.2 Å². The molecule has 0 aromatic heterocycles. The van der Waals surface area contributed by atoms with Crippen LogP contribution in [-0.2, 0) is 4.79 Å². The molecule has 0 aliphatic carbocycles. The number of rotatable bonds is 4. The maximum Gasteiger partial charge on any atom is 0.262 e. The van der Waals surface area contributed by atoms with Gasteiger partial charge in [0, 0.05) is 32.7 Å². The average molecular weight is 305 g/mol. The topological polar surface area (TPSA) is 65.0 Å².